The first-order valence-corrected chi connectivity index (χ1v) is 8.02. The topological polar surface area (TPSA) is 34.0 Å². The van der Waals surface area contributed by atoms with Gasteiger partial charge in [-0.25, -0.2) is 4.39 Å². The molecule has 0 saturated carbocycles. The number of carbonyl (C=O) groups excluding carboxylic acids is 1. The Bertz CT molecular complexity index is 834. The quantitative estimate of drug-likeness (QED) is 0.772. The van der Waals surface area contributed by atoms with Crippen LogP contribution < -0.4 is 5.32 Å². The molecule has 1 aromatic carbocycles. The van der Waals surface area contributed by atoms with E-state index < -0.39 is 0 Å². The number of amides is 1. The number of aromatic nitrogens is 1. The lowest BCUT2D eigenvalue weighted by atomic mass is 10.2. The Labute approximate surface area is 132 Å². The Kier molecular flexibility index (Phi) is 3.98. The molecule has 1 N–H and O–H groups in total. The van der Waals surface area contributed by atoms with Crippen molar-refractivity contribution < 1.29 is 9.18 Å². The lowest BCUT2D eigenvalue weighted by molar-refractivity contribution is 0.0942. The summed E-state index contributed by atoms with van der Waals surface area (Å²) in [7, 11) is 0. The van der Waals surface area contributed by atoms with Gasteiger partial charge < -0.3 is 9.88 Å². The molecule has 3 rings (SSSR count). The number of hydrogen-bond donors (Lipinski definition) is 1. The number of thiophene rings is 1. The molecule has 0 bridgehead atoms. The second-order valence-corrected chi connectivity index (χ2v) is 6.48. The van der Waals surface area contributed by atoms with Crippen LogP contribution in [0.3, 0.4) is 0 Å². The largest absolute Gasteiger partial charge is 0.347 e. The van der Waals surface area contributed by atoms with Gasteiger partial charge in [0.2, 0.25) is 0 Å². The number of aryl methyl sites for hydroxylation is 2. The van der Waals surface area contributed by atoms with Crippen molar-refractivity contribution in [1.82, 2.24) is 9.88 Å². The number of nitrogens with one attached hydrogen (secondary N) is 1. The van der Waals surface area contributed by atoms with Crippen molar-refractivity contribution in [1.29, 1.82) is 0 Å². The van der Waals surface area contributed by atoms with Gasteiger partial charge >= 0.3 is 0 Å². The van der Waals surface area contributed by atoms with Gasteiger partial charge in [-0.05, 0) is 43.7 Å². The van der Waals surface area contributed by atoms with Gasteiger partial charge in [0.05, 0.1) is 10.2 Å². The molecule has 0 aliphatic rings. The average Bonchev–Trinajstić information content (AvgIpc) is 3.00. The highest BCUT2D eigenvalue weighted by molar-refractivity contribution is 7.19. The molecule has 3 aromatic rings. The van der Waals surface area contributed by atoms with Crippen LogP contribution in [0.25, 0.3) is 10.2 Å². The Morgan fingerprint density at radius 2 is 2.14 bits per heavy atom. The van der Waals surface area contributed by atoms with Crippen LogP contribution in [0.4, 0.5) is 4.39 Å². The number of nitrogens with zero attached hydrogens (tertiary/aromatic N) is 1. The van der Waals surface area contributed by atoms with Gasteiger partial charge in [0, 0.05) is 18.0 Å². The normalized spacial score (nSPS) is 11.0. The van der Waals surface area contributed by atoms with Crippen LogP contribution in [0.5, 0.6) is 0 Å². The van der Waals surface area contributed by atoms with Crippen molar-refractivity contribution in [2.45, 2.75) is 26.9 Å². The first kappa shape index (κ1) is 14.8. The number of benzene rings is 1. The van der Waals surface area contributed by atoms with Gasteiger partial charge in [-0.2, -0.15) is 0 Å². The minimum atomic E-state index is -0.292. The zero-order chi connectivity index (χ0) is 15.7. The molecule has 22 heavy (non-hydrogen) atoms. The second kappa shape index (κ2) is 5.93. The number of fused-ring (bicyclic) bond motifs is 1. The molecule has 5 heteroatoms. The van der Waals surface area contributed by atoms with Gasteiger partial charge in [0.25, 0.3) is 5.91 Å². The third-order valence-corrected chi connectivity index (χ3v) is 4.59. The van der Waals surface area contributed by atoms with Gasteiger partial charge in [0.15, 0.2) is 0 Å². The smallest absolute Gasteiger partial charge is 0.268 e. The van der Waals surface area contributed by atoms with E-state index in [2.05, 4.69) is 18.3 Å². The lowest BCUT2D eigenvalue weighted by Gasteiger charge is -2.09. The summed E-state index contributed by atoms with van der Waals surface area (Å²) in [5.41, 5.74) is 2.50. The first-order valence-electron chi connectivity index (χ1n) is 7.21. The molecule has 3 nitrogen and oxygen atoms in total. The van der Waals surface area contributed by atoms with Crippen LogP contribution in [0, 0.1) is 12.7 Å². The maximum absolute atomic E-state index is 13.2. The highest BCUT2D eigenvalue weighted by Crippen LogP contribution is 2.28. The van der Waals surface area contributed by atoms with E-state index in [-0.39, 0.29) is 11.7 Å². The first-order chi connectivity index (χ1) is 10.6. The van der Waals surface area contributed by atoms with Crippen molar-refractivity contribution in [2.24, 2.45) is 0 Å². The maximum Gasteiger partial charge on any atom is 0.268 e. The molecule has 0 aliphatic carbocycles. The molecule has 0 fully saturated rings. The van der Waals surface area contributed by atoms with E-state index >= 15 is 0 Å². The molecule has 0 saturated heterocycles. The predicted molar refractivity (Wildman–Crippen MR) is 87.8 cm³/mol. The van der Waals surface area contributed by atoms with Crippen LogP contribution in [0.2, 0.25) is 0 Å². The summed E-state index contributed by atoms with van der Waals surface area (Å²) in [6, 6.07) is 10.3. The highest BCUT2D eigenvalue weighted by atomic mass is 32.1. The van der Waals surface area contributed by atoms with Gasteiger partial charge in [-0.15, -0.1) is 11.3 Å². The van der Waals surface area contributed by atoms with Crippen LogP contribution in [-0.2, 0) is 13.1 Å². The summed E-state index contributed by atoms with van der Waals surface area (Å²) in [5.74, 6) is -0.424. The predicted octanol–water partition coefficient (Wildman–Crippen LogP) is 4.10. The standard InChI is InChI=1S/C17H17FN2OS/c1-3-20-14-7-11(2)22-16(14)9-15(20)17(21)19-10-12-5-4-6-13(18)8-12/h4-9H,3,10H2,1-2H3,(H,19,21). The van der Waals surface area contributed by atoms with E-state index in [1.165, 1.54) is 17.0 Å². The molecule has 2 heterocycles. The van der Waals surface area contributed by atoms with E-state index in [0.717, 1.165) is 22.3 Å². The monoisotopic (exact) mass is 316 g/mol. The summed E-state index contributed by atoms with van der Waals surface area (Å²) in [6.45, 7) is 5.14. The SMILES string of the molecule is CCn1c(C(=O)NCc2cccc(F)c2)cc2sc(C)cc21. The number of rotatable bonds is 4. The number of carbonyl (C=O) groups is 1. The summed E-state index contributed by atoms with van der Waals surface area (Å²) < 4.78 is 16.3. The lowest BCUT2D eigenvalue weighted by Crippen LogP contribution is -2.25. The van der Waals surface area contributed by atoms with Crippen LogP contribution in [0.1, 0.15) is 27.9 Å². The van der Waals surface area contributed by atoms with Crippen LogP contribution in [0.15, 0.2) is 36.4 Å². The Morgan fingerprint density at radius 3 is 2.86 bits per heavy atom. The van der Waals surface area contributed by atoms with E-state index in [1.807, 2.05) is 17.6 Å². The van der Waals surface area contributed by atoms with E-state index in [4.69, 9.17) is 0 Å². The van der Waals surface area contributed by atoms with E-state index in [0.29, 0.717) is 12.2 Å². The average molecular weight is 316 g/mol. The van der Waals surface area contributed by atoms with Crippen molar-refractivity contribution in [3.63, 3.8) is 0 Å². The molecular weight excluding hydrogens is 299 g/mol. The van der Waals surface area contributed by atoms with Crippen LogP contribution >= 0.6 is 11.3 Å². The van der Waals surface area contributed by atoms with Gasteiger partial charge in [-0.3, -0.25) is 4.79 Å². The molecule has 0 atom stereocenters. The molecule has 0 spiro atoms. The summed E-state index contributed by atoms with van der Waals surface area (Å²) in [5, 5.41) is 2.86. The molecular formula is C17H17FN2OS. The molecule has 0 unspecified atom stereocenters. The van der Waals surface area contributed by atoms with Gasteiger partial charge in [-0.1, -0.05) is 12.1 Å². The highest BCUT2D eigenvalue weighted by Gasteiger charge is 2.16. The molecule has 2 aromatic heterocycles. The molecule has 1 amide bonds. The summed E-state index contributed by atoms with van der Waals surface area (Å²) in [4.78, 5) is 13.6. The Balaban J connectivity index is 1.81. The Hall–Kier alpha value is -2.14. The second-order valence-electron chi connectivity index (χ2n) is 5.19. The minimum Gasteiger partial charge on any atom is -0.347 e. The zero-order valence-electron chi connectivity index (χ0n) is 12.5. The third kappa shape index (κ3) is 2.76. The number of hydrogen-bond acceptors (Lipinski definition) is 2. The zero-order valence-corrected chi connectivity index (χ0v) is 13.3. The van der Waals surface area contributed by atoms with E-state index in [1.54, 1.807) is 23.5 Å². The molecule has 114 valence electrons. The van der Waals surface area contributed by atoms with Crippen molar-refractivity contribution in [3.05, 3.63) is 58.3 Å². The summed E-state index contributed by atoms with van der Waals surface area (Å²) in [6.07, 6.45) is 0. The third-order valence-electron chi connectivity index (χ3n) is 3.60. The number of halogens is 1. The van der Waals surface area contributed by atoms with Crippen molar-refractivity contribution in [3.8, 4) is 0 Å². The summed E-state index contributed by atoms with van der Waals surface area (Å²) >= 11 is 1.69. The minimum absolute atomic E-state index is 0.132. The fourth-order valence-corrected chi connectivity index (χ4v) is 3.58. The maximum atomic E-state index is 13.2. The van der Waals surface area contributed by atoms with Crippen molar-refractivity contribution >= 4 is 27.5 Å². The van der Waals surface area contributed by atoms with E-state index in [9.17, 15) is 9.18 Å². The fourth-order valence-electron chi connectivity index (χ4n) is 2.61. The fraction of sp³-hybridized carbons (Fsp3) is 0.235. The van der Waals surface area contributed by atoms with Gasteiger partial charge in [0.1, 0.15) is 11.5 Å². The van der Waals surface area contributed by atoms with Crippen LogP contribution in [-0.4, -0.2) is 10.5 Å². The Morgan fingerprint density at radius 1 is 1.32 bits per heavy atom. The van der Waals surface area contributed by atoms with Crippen molar-refractivity contribution in [2.75, 3.05) is 0 Å². The molecule has 0 radical (unpaired) electrons. The molecule has 0 aliphatic heterocycles.